The van der Waals surface area contributed by atoms with Crippen LogP contribution >= 0.6 is 12.2 Å². The third-order valence-electron chi connectivity index (χ3n) is 2.17. The van der Waals surface area contributed by atoms with Crippen molar-refractivity contribution in [2.75, 3.05) is 13.2 Å². The first-order valence-corrected chi connectivity index (χ1v) is 7.40. The van der Waals surface area contributed by atoms with Crippen LogP contribution in [0.15, 0.2) is 30.3 Å². The summed E-state index contributed by atoms with van der Waals surface area (Å²) < 4.78 is 6.31. The van der Waals surface area contributed by atoms with E-state index in [1.807, 2.05) is 30.3 Å². The first-order valence-electron chi connectivity index (χ1n) is 4.92. The normalized spacial score (nSPS) is 15.0. The fourth-order valence-electron chi connectivity index (χ4n) is 1.36. The molecular weight excluding hydrogens is 289 g/mol. The molecule has 0 aliphatic carbocycles. The molecule has 1 aromatic carbocycles. The molecule has 0 unspecified atom stereocenters. The molecule has 0 spiro atoms. The average Bonchev–Trinajstić information content (AvgIpc) is 2.74. The first-order chi connectivity index (χ1) is 7.77. The fourth-order valence-corrected chi connectivity index (χ4v) is 3.31. The number of carbonyl (C=O) groups is 1. The molecule has 0 radical (unpaired) electrons. The van der Waals surface area contributed by atoms with E-state index >= 15 is 0 Å². The van der Waals surface area contributed by atoms with E-state index in [-0.39, 0.29) is 20.9 Å². The SMILES string of the molecule is O=C(C[Se]c1ccccc1)N1CCOC1=S. The Morgan fingerprint density at radius 3 is 2.81 bits per heavy atom. The number of rotatable bonds is 3. The maximum atomic E-state index is 11.8. The molecule has 0 bridgehead atoms. The predicted molar refractivity (Wildman–Crippen MR) is 66.9 cm³/mol. The van der Waals surface area contributed by atoms with Crippen molar-refractivity contribution < 1.29 is 9.53 Å². The second-order valence-electron chi connectivity index (χ2n) is 3.26. The van der Waals surface area contributed by atoms with Gasteiger partial charge in [0.2, 0.25) is 0 Å². The van der Waals surface area contributed by atoms with Gasteiger partial charge in [-0.2, -0.15) is 0 Å². The van der Waals surface area contributed by atoms with Crippen LogP contribution in [0.3, 0.4) is 0 Å². The molecule has 16 heavy (non-hydrogen) atoms. The molecule has 0 saturated carbocycles. The molecule has 0 N–H and O–H groups in total. The zero-order chi connectivity index (χ0) is 11.4. The van der Waals surface area contributed by atoms with E-state index in [4.69, 9.17) is 17.0 Å². The first kappa shape index (κ1) is 11.6. The molecule has 1 fully saturated rings. The molecule has 1 aromatic rings. The summed E-state index contributed by atoms with van der Waals surface area (Å²) in [5.41, 5.74) is 0. The van der Waals surface area contributed by atoms with E-state index in [0.29, 0.717) is 23.6 Å². The molecule has 1 aliphatic rings. The molecule has 1 aliphatic heterocycles. The van der Waals surface area contributed by atoms with Crippen molar-refractivity contribution in [1.29, 1.82) is 0 Å². The monoisotopic (exact) mass is 301 g/mol. The van der Waals surface area contributed by atoms with Gasteiger partial charge in [0.25, 0.3) is 0 Å². The predicted octanol–water partition coefficient (Wildman–Crippen LogP) is 0.578. The molecular formula is C11H11NO2SSe. The van der Waals surface area contributed by atoms with Crippen molar-refractivity contribution >= 4 is 42.7 Å². The van der Waals surface area contributed by atoms with E-state index in [1.165, 1.54) is 4.46 Å². The van der Waals surface area contributed by atoms with Crippen molar-refractivity contribution in [2.45, 2.75) is 5.32 Å². The number of thiocarbonyl (C=S) groups is 1. The third kappa shape index (κ3) is 2.82. The quantitative estimate of drug-likeness (QED) is 0.604. The van der Waals surface area contributed by atoms with Gasteiger partial charge < -0.3 is 0 Å². The van der Waals surface area contributed by atoms with Gasteiger partial charge in [-0.05, 0) is 0 Å². The van der Waals surface area contributed by atoms with Gasteiger partial charge in [0, 0.05) is 0 Å². The summed E-state index contributed by atoms with van der Waals surface area (Å²) in [4.78, 5) is 13.4. The minimum absolute atomic E-state index is 0.0753. The zero-order valence-electron chi connectivity index (χ0n) is 8.59. The van der Waals surface area contributed by atoms with E-state index < -0.39 is 0 Å². The van der Waals surface area contributed by atoms with Crippen molar-refractivity contribution in [1.82, 2.24) is 4.90 Å². The van der Waals surface area contributed by atoms with Crippen molar-refractivity contribution in [2.24, 2.45) is 0 Å². The van der Waals surface area contributed by atoms with E-state index in [1.54, 1.807) is 4.90 Å². The molecule has 84 valence electrons. The molecule has 1 amide bonds. The molecule has 1 heterocycles. The van der Waals surface area contributed by atoms with Gasteiger partial charge >= 0.3 is 106 Å². The van der Waals surface area contributed by atoms with Crippen LogP contribution in [0.25, 0.3) is 0 Å². The summed E-state index contributed by atoms with van der Waals surface area (Å²) in [5, 5.41) is 0.870. The molecule has 0 aromatic heterocycles. The Labute approximate surface area is 106 Å². The summed E-state index contributed by atoms with van der Waals surface area (Å²) >= 11 is 5.11. The van der Waals surface area contributed by atoms with E-state index in [0.717, 1.165) is 0 Å². The van der Waals surface area contributed by atoms with Crippen LogP contribution in [0.1, 0.15) is 0 Å². The van der Waals surface area contributed by atoms with Gasteiger partial charge in [0.05, 0.1) is 0 Å². The van der Waals surface area contributed by atoms with Crippen LogP contribution in [0, 0.1) is 0 Å². The average molecular weight is 300 g/mol. The molecule has 1 saturated heterocycles. The van der Waals surface area contributed by atoms with Gasteiger partial charge in [-0.1, -0.05) is 0 Å². The summed E-state index contributed by atoms with van der Waals surface area (Å²) in [6.45, 7) is 1.13. The van der Waals surface area contributed by atoms with Crippen molar-refractivity contribution in [3.8, 4) is 0 Å². The van der Waals surface area contributed by atoms with Crippen LogP contribution in [0.2, 0.25) is 5.32 Å². The summed E-state index contributed by atoms with van der Waals surface area (Å²) in [7, 11) is 0. The Morgan fingerprint density at radius 2 is 2.19 bits per heavy atom. The molecule has 2 rings (SSSR count). The Balaban J connectivity index is 1.86. The number of hydrogen-bond donors (Lipinski definition) is 0. The topological polar surface area (TPSA) is 29.5 Å². The standard InChI is InChI=1S/C11H11NO2SSe/c13-10(12-6-7-14-11(12)15)8-16-9-4-2-1-3-5-9/h1-5H,6-8H2. The van der Waals surface area contributed by atoms with Gasteiger partial charge in [0.15, 0.2) is 0 Å². The third-order valence-corrected chi connectivity index (χ3v) is 4.60. The minimum atomic E-state index is 0.0753. The van der Waals surface area contributed by atoms with Gasteiger partial charge in [0.1, 0.15) is 0 Å². The number of amides is 1. The van der Waals surface area contributed by atoms with Gasteiger partial charge in [-0.15, -0.1) is 0 Å². The summed E-state index contributed by atoms with van der Waals surface area (Å²) in [5.74, 6) is 0.0753. The van der Waals surface area contributed by atoms with Gasteiger partial charge in [-0.3, -0.25) is 0 Å². The molecule has 3 nitrogen and oxygen atoms in total. The zero-order valence-corrected chi connectivity index (χ0v) is 11.1. The Hall–Kier alpha value is -0.901. The van der Waals surface area contributed by atoms with Gasteiger partial charge in [-0.25, -0.2) is 0 Å². The van der Waals surface area contributed by atoms with Crippen LogP contribution < -0.4 is 4.46 Å². The van der Waals surface area contributed by atoms with E-state index in [9.17, 15) is 4.79 Å². The maximum absolute atomic E-state index is 11.8. The summed E-state index contributed by atoms with van der Waals surface area (Å²) in [6.07, 6.45) is 0. The second kappa shape index (κ2) is 5.43. The Bertz CT molecular complexity index is 396. The van der Waals surface area contributed by atoms with E-state index in [2.05, 4.69) is 0 Å². The number of benzene rings is 1. The Morgan fingerprint density at radius 1 is 1.44 bits per heavy atom. The summed E-state index contributed by atoms with van der Waals surface area (Å²) in [6, 6.07) is 10.1. The molecule has 5 heteroatoms. The van der Waals surface area contributed by atoms with Crippen LogP contribution in [0.4, 0.5) is 0 Å². The van der Waals surface area contributed by atoms with Crippen LogP contribution in [0.5, 0.6) is 0 Å². The fraction of sp³-hybridized carbons (Fsp3) is 0.273. The number of ether oxygens (including phenoxy) is 1. The van der Waals surface area contributed by atoms with Crippen LogP contribution in [-0.2, 0) is 9.53 Å². The van der Waals surface area contributed by atoms with Crippen molar-refractivity contribution in [3.05, 3.63) is 30.3 Å². The second-order valence-corrected chi connectivity index (χ2v) is 5.81. The van der Waals surface area contributed by atoms with Crippen molar-refractivity contribution in [3.63, 3.8) is 0 Å². The number of carbonyl (C=O) groups excluding carboxylic acids is 1. The molecule has 0 atom stereocenters. The number of nitrogens with zero attached hydrogens (tertiary/aromatic N) is 1. The Kier molecular flexibility index (Phi) is 3.93. The van der Waals surface area contributed by atoms with Crippen LogP contribution in [-0.4, -0.2) is 44.1 Å². The number of hydrogen-bond acceptors (Lipinski definition) is 3.